The Hall–Kier alpha value is -1.81. The van der Waals surface area contributed by atoms with Gasteiger partial charge in [0.05, 0.1) is 0 Å². The first-order chi connectivity index (χ1) is 12.7. The van der Waals surface area contributed by atoms with Gasteiger partial charge in [0.25, 0.3) is 5.91 Å². The number of unbranched alkanes of at least 4 members (excludes halogenated alkanes) is 7. The number of benzene rings is 1. The smallest absolute Gasteiger partial charge is 0.349 e. The van der Waals surface area contributed by atoms with Gasteiger partial charge in [0, 0.05) is 17.8 Å². The Kier molecular flexibility index (Phi) is 8.69. The standard InChI is InChI=1S/C21H28ClNO3/c1-2-3-4-5-6-7-8-9-12-23-20(24)18-14-17-13-16(15-22)10-11-19(17)26-21(18)25/h10-11,13-14H,2-9,12,15H2,1H3,(H,23,24). The second kappa shape index (κ2) is 11.0. The third kappa shape index (κ3) is 6.17. The highest BCUT2D eigenvalue weighted by Gasteiger charge is 2.13. The van der Waals surface area contributed by atoms with Crippen LogP contribution in [0.1, 0.15) is 74.2 Å². The minimum absolute atomic E-state index is 0.0452. The number of halogens is 1. The van der Waals surface area contributed by atoms with Crippen molar-refractivity contribution in [2.24, 2.45) is 0 Å². The lowest BCUT2D eigenvalue weighted by Crippen LogP contribution is -2.29. The monoisotopic (exact) mass is 377 g/mol. The van der Waals surface area contributed by atoms with E-state index in [1.807, 2.05) is 6.07 Å². The van der Waals surface area contributed by atoms with Crippen LogP contribution in [0.3, 0.4) is 0 Å². The minimum atomic E-state index is -0.607. The van der Waals surface area contributed by atoms with Crippen LogP contribution < -0.4 is 10.9 Å². The van der Waals surface area contributed by atoms with Gasteiger partial charge in [-0.2, -0.15) is 0 Å². The zero-order chi connectivity index (χ0) is 18.8. The largest absolute Gasteiger partial charge is 0.422 e. The van der Waals surface area contributed by atoms with E-state index < -0.39 is 5.63 Å². The third-order valence-corrected chi connectivity index (χ3v) is 4.82. The van der Waals surface area contributed by atoms with Gasteiger partial charge in [0.1, 0.15) is 11.1 Å². The predicted molar refractivity (Wildman–Crippen MR) is 107 cm³/mol. The summed E-state index contributed by atoms with van der Waals surface area (Å²) in [5, 5.41) is 3.53. The molecule has 142 valence electrons. The number of rotatable bonds is 11. The number of alkyl halides is 1. The molecule has 1 N–H and O–H groups in total. The van der Waals surface area contributed by atoms with Crippen molar-refractivity contribution >= 4 is 28.5 Å². The molecule has 4 nitrogen and oxygen atoms in total. The third-order valence-electron chi connectivity index (χ3n) is 4.51. The van der Waals surface area contributed by atoms with Crippen LogP contribution in [0.15, 0.2) is 33.5 Å². The van der Waals surface area contributed by atoms with Crippen molar-refractivity contribution in [3.8, 4) is 0 Å². The molecule has 0 spiro atoms. The summed E-state index contributed by atoms with van der Waals surface area (Å²) in [5.74, 6) is -0.00504. The molecule has 0 fully saturated rings. The molecule has 0 unspecified atom stereocenters. The van der Waals surface area contributed by atoms with Crippen molar-refractivity contribution in [3.05, 3.63) is 45.8 Å². The predicted octanol–water partition coefficient (Wildman–Crippen LogP) is 5.40. The lowest BCUT2D eigenvalue weighted by atomic mass is 10.1. The summed E-state index contributed by atoms with van der Waals surface area (Å²) >= 11 is 5.83. The Morgan fingerprint density at radius 1 is 1.04 bits per heavy atom. The SMILES string of the molecule is CCCCCCCCCCNC(=O)c1cc2cc(CCl)ccc2oc1=O. The van der Waals surface area contributed by atoms with Gasteiger partial charge in [-0.15, -0.1) is 11.6 Å². The number of amides is 1. The Balaban J connectivity index is 1.81. The maximum atomic E-state index is 12.3. The van der Waals surface area contributed by atoms with Crippen molar-refractivity contribution < 1.29 is 9.21 Å². The molecule has 1 amide bonds. The first kappa shape index (κ1) is 20.5. The number of fused-ring (bicyclic) bond motifs is 1. The summed E-state index contributed by atoms with van der Waals surface area (Å²) in [5.41, 5.74) is 0.815. The van der Waals surface area contributed by atoms with E-state index in [9.17, 15) is 9.59 Å². The topological polar surface area (TPSA) is 59.3 Å². The second-order valence-corrected chi connectivity index (χ2v) is 6.95. The zero-order valence-corrected chi connectivity index (χ0v) is 16.2. The average Bonchev–Trinajstić information content (AvgIpc) is 2.65. The molecule has 0 aliphatic carbocycles. The maximum Gasteiger partial charge on any atom is 0.349 e. The van der Waals surface area contributed by atoms with Gasteiger partial charge in [0.15, 0.2) is 0 Å². The molecule has 0 aliphatic heterocycles. The minimum Gasteiger partial charge on any atom is -0.422 e. The van der Waals surface area contributed by atoms with E-state index in [0.29, 0.717) is 23.4 Å². The van der Waals surface area contributed by atoms with Gasteiger partial charge in [-0.1, -0.05) is 57.9 Å². The molecule has 0 bridgehead atoms. The number of hydrogen-bond donors (Lipinski definition) is 1. The lowest BCUT2D eigenvalue weighted by molar-refractivity contribution is 0.0949. The summed E-state index contributed by atoms with van der Waals surface area (Å²) in [7, 11) is 0. The molecule has 0 radical (unpaired) electrons. The van der Waals surface area contributed by atoms with Crippen molar-refractivity contribution in [1.29, 1.82) is 0 Å². The fourth-order valence-corrected chi connectivity index (χ4v) is 3.14. The summed E-state index contributed by atoms with van der Waals surface area (Å²) in [4.78, 5) is 24.3. The quantitative estimate of drug-likeness (QED) is 0.324. The molecule has 0 saturated carbocycles. The van der Waals surface area contributed by atoms with E-state index in [1.165, 1.54) is 38.5 Å². The lowest BCUT2D eigenvalue weighted by Gasteiger charge is -2.06. The summed E-state index contributed by atoms with van der Waals surface area (Å²) < 4.78 is 5.25. The van der Waals surface area contributed by atoms with Crippen molar-refractivity contribution in [3.63, 3.8) is 0 Å². The molecule has 2 rings (SSSR count). The highest BCUT2D eigenvalue weighted by molar-refractivity contribution is 6.17. The number of hydrogen-bond acceptors (Lipinski definition) is 3. The van der Waals surface area contributed by atoms with Crippen LogP contribution in [0, 0.1) is 0 Å². The average molecular weight is 378 g/mol. The van der Waals surface area contributed by atoms with Crippen LogP contribution in [0.5, 0.6) is 0 Å². The highest BCUT2D eigenvalue weighted by Crippen LogP contribution is 2.17. The van der Waals surface area contributed by atoms with Crippen LogP contribution in [0.4, 0.5) is 0 Å². The van der Waals surface area contributed by atoms with Crippen molar-refractivity contribution in [1.82, 2.24) is 5.32 Å². The van der Waals surface area contributed by atoms with E-state index >= 15 is 0 Å². The molecule has 1 aromatic carbocycles. The first-order valence-electron chi connectivity index (χ1n) is 9.56. The van der Waals surface area contributed by atoms with Crippen LogP contribution in [-0.2, 0) is 5.88 Å². The number of carbonyl (C=O) groups excluding carboxylic acids is 1. The van der Waals surface area contributed by atoms with E-state index in [1.54, 1.807) is 18.2 Å². The Labute approximate surface area is 159 Å². The van der Waals surface area contributed by atoms with Gasteiger partial charge in [-0.05, 0) is 30.2 Å². The molecule has 0 atom stereocenters. The van der Waals surface area contributed by atoms with Crippen LogP contribution >= 0.6 is 11.6 Å². The normalized spacial score (nSPS) is 11.0. The van der Waals surface area contributed by atoms with Gasteiger partial charge in [-0.25, -0.2) is 4.79 Å². The molecule has 1 heterocycles. The Bertz CT molecular complexity index is 769. The summed E-state index contributed by atoms with van der Waals surface area (Å²) in [6, 6.07) is 6.93. The molecule has 0 aliphatic rings. The molecule has 26 heavy (non-hydrogen) atoms. The van der Waals surface area contributed by atoms with Crippen LogP contribution in [-0.4, -0.2) is 12.5 Å². The molecule has 0 saturated heterocycles. The van der Waals surface area contributed by atoms with E-state index in [4.69, 9.17) is 16.0 Å². The summed E-state index contributed by atoms with van der Waals surface area (Å²) in [6.07, 6.45) is 9.66. The summed E-state index contributed by atoms with van der Waals surface area (Å²) in [6.45, 7) is 2.79. The van der Waals surface area contributed by atoms with Gasteiger partial charge in [0.2, 0.25) is 0 Å². The van der Waals surface area contributed by atoms with Crippen LogP contribution in [0.2, 0.25) is 0 Å². The Morgan fingerprint density at radius 2 is 1.73 bits per heavy atom. The van der Waals surface area contributed by atoms with Gasteiger partial charge < -0.3 is 9.73 Å². The number of nitrogens with one attached hydrogen (secondary N) is 1. The Morgan fingerprint density at radius 3 is 2.42 bits per heavy atom. The molecular weight excluding hydrogens is 350 g/mol. The maximum absolute atomic E-state index is 12.3. The first-order valence-corrected chi connectivity index (χ1v) is 10.1. The van der Waals surface area contributed by atoms with E-state index in [-0.39, 0.29) is 11.5 Å². The fourth-order valence-electron chi connectivity index (χ4n) is 2.97. The van der Waals surface area contributed by atoms with Crippen LogP contribution in [0.25, 0.3) is 11.0 Å². The van der Waals surface area contributed by atoms with Gasteiger partial charge in [-0.3, -0.25) is 4.79 Å². The zero-order valence-electron chi connectivity index (χ0n) is 15.5. The number of carbonyl (C=O) groups is 1. The molecule has 2 aromatic rings. The molecular formula is C21H28ClNO3. The van der Waals surface area contributed by atoms with E-state index in [0.717, 1.165) is 18.4 Å². The molecule has 1 aromatic heterocycles. The highest BCUT2D eigenvalue weighted by atomic mass is 35.5. The second-order valence-electron chi connectivity index (χ2n) is 6.68. The van der Waals surface area contributed by atoms with E-state index in [2.05, 4.69) is 12.2 Å². The van der Waals surface area contributed by atoms with Gasteiger partial charge >= 0.3 is 5.63 Å². The van der Waals surface area contributed by atoms with Crippen molar-refractivity contribution in [2.45, 2.75) is 64.2 Å². The fraction of sp³-hybridized carbons (Fsp3) is 0.524. The molecule has 5 heteroatoms. The van der Waals surface area contributed by atoms with Crippen molar-refractivity contribution in [2.75, 3.05) is 6.54 Å².